The minimum atomic E-state index is -0.880. The average molecular weight is 223 g/mol. The van der Waals surface area contributed by atoms with E-state index in [1.165, 1.54) is 0 Å². The fraction of sp³-hybridized carbons (Fsp3) is 0.364. The molecular formula is C11H13NO4. The van der Waals surface area contributed by atoms with Crippen LogP contribution in [0.2, 0.25) is 0 Å². The van der Waals surface area contributed by atoms with Crippen molar-refractivity contribution in [1.82, 2.24) is 0 Å². The first-order chi connectivity index (χ1) is 7.58. The second-order valence-corrected chi connectivity index (χ2v) is 2.72. The van der Waals surface area contributed by atoms with E-state index in [-0.39, 0.29) is 13.0 Å². The van der Waals surface area contributed by atoms with Gasteiger partial charge >= 0.3 is 5.97 Å². The van der Waals surface area contributed by atoms with Crippen LogP contribution in [0.15, 0.2) is 23.5 Å². The molecule has 0 heterocycles. The number of carbonyl (C=O) groups excluding carboxylic acids is 2. The van der Waals surface area contributed by atoms with Gasteiger partial charge in [0.15, 0.2) is 5.78 Å². The quantitative estimate of drug-likeness (QED) is 0.145. The molecule has 0 unspecified atom stereocenters. The van der Waals surface area contributed by atoms with Gasteiger partial charge in [-0.05, 0) is 13.0 Å². The number of esters is 1. The highest BCUT2D eigenvalue weighted by Crippen LogP contribution is 2.09. The number of rotatable bonds is 5. The summed E-state index contributed by atoms with van der Waals surface area (Å²) in [4.78, 5) is 22.8. The predicted octanol–water partition coefficient (Wildman–Crippen LogP) is 1.42. The molecule has 0 atom stereocenters. The molecule has 0 rings (SSSR count). The van der Waals surface area contributed by atoms with Crippen molar-refractivity contribution in [3.8, 4) is 6.07 Å². The smallest absolute Gasteiger partial charge is 0.345 e. The van der Waals surface area contributed by atoms with Crippen LogP contribution in [0.25, 0.3) is 0 Å². The van der Waals surface area contributed by atoms with E-state index in [0.717, 1.165) is 12.2 Å². The van der Waals surface area contributed by atoms with Crippen LogP contribution in [-0.2, 0) is 14.3 Å². The fourth-order valence-corrected chi connectivity index (χ4v) is 0.941. The van der Waals surface area contributed by atoms with Crippen molar-refractivity contribution >= 4 is 11.8 Å². The standard InChI is InChI=1S/C11H13NO4/c1-3-8(13)10(11(15)16-4-2)9(14)6-5-7-12/h5-6,14H,3-4H2,1-2H3/b6-5+,10-9-. The number of nitriles is 1. The maximum atomic E-state index is 11.4. The first kappa shape index (κ1) is 13.9. The maximum Gasteiger partial charge on any atom is 0.345 e. The Morgan fingerprint density at radius 3 is 2.50 bits per heavy atom. The molecule has 0 aliphatic carbocycles. The molecule has 0 aliphatic heterocycles. The topological polar surface area (TPSA) is 87.4 Å². The van der Waals surface area contributed by atoms with E-state index in [1.54, 1.807) is 19.9 Å². The van der Waals surface area contributed by atoms with Gasteiger partial charge in [0, 0.05) is 12.5 Å². The summed E-state index contributed by atoms with van der Waals surface area (Å²) in [5.74, 6) is -1.96. The van der Waals surface area contributed by atoms with Crippen molar-refractivity contribution in [2.75, 3.05) is 6.61 Å². The fourth-order valence-electron chi connectivity index (χ4n) is 0.941. The maximum absolute atomic E-state index is 11.4. The number of carbonyl (C=O) groups is 2. The van der Waals surface area contributed by atoms with E-state index in [0.29, 0.717) is 0 Å². The second-order valence-electron chi connectivity index (χ2n) is 2.72. The van der Waals surface area contributed by atoms with Gasteiger partial charge in [0.05, 0.1) is 12.7 Å². The van der Waals surface area contributed by atoms with Crippen LogP contribution < -0.4 is 0 Å². The zero-order chi connectivity index (χ0) is 12.6. The summed E-state index contributed by atoms with van der Waals surface area (Å²) in [5.41, 5.74) is -0.421. The van der Waals surface area contributed by atoms with E-state index >= 15 is 0 Å². The monoisotopic (exact) mass is 223 g/mol. The molecule has 0 amide bonds. The van der Waals surface area contributed by atoms with E-state index in [4.69, 9.17) is 5.26 Å². The zero-order valence-corrected chi connectivity index (χ0v) is 9.19. The molecule has 16 heavy (non-hydrogen) atoms. The van der Waals surface area contributed by atoms with Crippen LogP contribution in [0.1, 0.15) is 20.3 Å². The summed E-state index contributed by atoms with van der Waals surface area (Å²) >= 11 is 0. The Kier molecular flexibility index (Phi) is 6.29. The van der Waals surface area contributed by atoms with Gasteiger partial charge in [0.25, 0.3) is 0 Å². The van der Waals surface area contributed by atoms with Crippen LogP contribution >= 0.6 is 0 Å². The molecule has 86 valence electrons. The Balaban J connectivity index is 5.23. The number of ketones is 1. The van der Waals surface area contributed by atoms with Gasteiger partial charge in [-0.2, -0.15) is 5.26 Å². The summed E-state index contributed by atoms with van der Waals surface area (Å²) < 4.78 is 4.63. The van der Waals surface area contributed by atoms with Crippen LogP contribution in [0, 0.1) is 11.3 Å². The highest BCUT2D eigenvalue weighted by atomic mass is 16.5. The molecule has 1 N–H and O–H groups in total. The Labute approximate surface area is 93.6 Å². The highest BCUT2D eigenvalue weighted by molar-refractivity contribution is 6.17. The Hall–Kier alpha value is -2.09. The van der Waals surface area contributed by atoms with Crippen molar-refractivity contribution in [2.24, 2.45) is 0 Å². The largest absolute Gasteiger partial charge is 0.507 e. The number of Topliss-reactive ketones (excluding diaryl/α,β-unsaturated/α-hetero) is 1. The summed E-state index contributed by atoms with van der Waals surface area (Å²) in [6.07, 6.45) is 2.02. The predicted molar refractivity (Wildman–Crippen MR) is 56.3 cm³/mol. The molecule has 0 fully saturated rings. The lowest BCUT2D eigenvalue weighted by Gasteiger charge is -2.05. The first-order valence-electron chi connectivity index (χ1n) is 4.78. The average Bonchev–Trinajstić information content (AvgIpc) is 2.26. The lowest BCUT2D eigenvalue weighted by atomic mass is 10.1. The van der Waals surface area contributed by atoms with Crippen LogP contribution in [0.5, 0.6) is 0 Å². The molecule has 5 heteroatoms. The van der Waals surface area contributed by atoms with Crippen LogP contribution in [0.4, 0.5) is 0 Å². The summed E-state index contributed by atoms with van der Waals surface area (Å²) in [5, 5.41) is 17.7. The van der Waals surface area contributed by atoms with Gasteiger partial charge < -0.3 is 9.84 Å². The van der Waals surface area contributed by atoms with Gasteiger partial charge in [-0.3, -0.25) is 4.79 Å². The van der Waals surface area contributed by atoms with Gasteiger partial charge in [0.2, 0.25) is 0 Å². The third-order valence-corrected chi connectivity index (χ3v) is 1.65. The number of aliphatic hydroxyl groups excluding tert-OH is 1. The minimum absolute atomic E-state index is 0.0681. The molecule has 5 nitrogen and oxygen atoms in total. The molecule has 0 aromatic carbocycles. The molecule has 0 saturated carbocycles. The lowest BCUT2D eigenvalue weighted by molar-refractivity contribution is -0.140. The first-order valence-corrected chi connectivity index (χ1v) is 4.78. The molecular weight excluding hydrogens is 210 g/mol. The second kappa shape index (κ2) is 7.23. The number of hydrogen-bond donors (Lipinski definition) is 1. The van der Waals surface area contributed by atoms with Crippen molar-refractivity contribution in [2.45, 2.75) is 20.3 Å². The molecule has 0 aliphatic rings. The van der Waals surface area contributed by atoms with Gasteiger partial charge in [-0.25, -0.2) is 4.79 Å². The molecule has 0 spiro atoms. The highest BCUT2D eigenvalue weighted by Gasteiger charge is 2.21. The van der Waals surface area contributed by atoms with E-state index in [2.05, 4.69) is 4.74 Å². The van der Waals surface area contributed by atoms with E-state index < -0.39 is 23.1 Å². The number of ether oxygens (including phenoxy) is 1. The Morgan fingerprint density at radius 1 is 1.44 bits per heavy atom. The van der Waals surface area contributed by atoms with Crippen molar-refractivity contribution in [1.29, 1.82) is 5.26 Å². The van der Waals surface area contributed by atoms with E-state index in [9.17, 15) is 14.7 Å². The van der Waals surface area contributed by atoms with Crippen molar-refractivity contribution < 1.29 is 19.4 Å². The Morgan fingerprint density at radius 2 is 2.06 bits per heavy atom. The lowest BCUT2D eigenvalue weighted by Crippen LogP contribution is -2.17. The number of allylic oxidation sites excluding steroid dienone is 2. The number of nitrogens with zero attached hydrogens (tertiary/aromatic N) is 1. The van der Waals surface area contributed by atoms with Gasteiger partial charge in [-0.15, -0.1) is 0 Å². The van der Waals surface area contributed by atoms with Gasteiger partial charge in [0.1, 0.15) is 11.3 Å². The molecule has 0 radical (unpaired) electrons. The molecule has 0 aromatic rings. The van der Waals surface area contributed by atoms with Crippen LogP contribution in [-0.4, -0.2) is 23.5 Å². The summed E-state index contributed by atoms with van der Waals surface area (Å²) in [6.45, 7) is 3.26. The van der Waals surface area contributed by atoms with Crippen molar-refractivity contribution in [3.63, 3.8) is 0 Å². The summed E-state index contributed by atoms with van der Waals surface area (Å²) in [7, 11) is 0. The van der Waals surface area contributed by atoms with E-state index in [1.807, 2.05) is 0 Å². The number of hydrogen-bond acceptors (Lipinski definition) is 5. The molecule has 0 saturated heterocycles. The SMILES string of the molecule is CCOC(=O)/C(C(=O)CC)=C(O)/C=C/C#N. The number of aliphatic hydroxyl groups is 1. The minimum Gasteiger partial charge on any atom is -0.507 e. The van der Waals surface area contributed by atoms with Crippen molar-refractivity contribution in [3.05, 3.63) is 23.5 Å². The Bertz CT molecular complexity index is 374. The third-order valence-electron chi connectivity index (χ3n) is 1.65. The molecule has 0 bridgehead atoms. The molecule has 0 aromatic heterocycles. The van der Waals surface area contributed by atoms with Crippen LogP contribution in [0.3, 0.4) is 0 Å². The normalized spacial score (nSPS) is 11.8. The summed E-state index contributed by atoms with van der Waals surface area (Å²) in [6, 6.07) is 1.64. The third kappa shape index (κ3) is 3.96. The zero-order valence-electron chi connectivity index (χ0n) is 9.19. The van der Waals surface area contributed by atoms with Gasteiger partial charge in [-0.1, -0.05) is 6.92 Å².